The average Bonchev–Trinajstić information content (AvgIpc) is 2.35. The molecule has 0 aromatic heterocycles. The molecule has 0 aliphatic rings. The third-order valence-corrected chi connectivity index (χ3v) is 2.23. The van der Waals surface area contributed by atoms with Crippen LogP contribution in [-0.2, 0) is 20.4 Å². The summed E-state index contributed by atoms with van der Waals surface area (Å²) in [6.45, 7) is 1.80. The van der Waals surface area contributed by atoms with Crippen molar-refractivity contribution in [3.63, 3.8) is 0 Å². The molecule has 0 saturated carbocycles. The van der Waals surface area contributed by atoms with Crippen molar-refractivity contribution in [2.75, 3.05) is 13.7 Å². The monoisotopic (exact) mass is 274 g/mol. The largest absolute Gasteiger partial charge is 0.496 e. The third-order valence-electron chi connectivity index (χ3n) is 2.23. The molecule has 0 unspecified atom stereocenters. The predicted octanol–water partition coefficient (Wildman–Crippen LogP) is 3.26. The van der Waals surface area contributed by atoms with Crippen LogP contribution in [0.4, 0.5) is 13.2 Å². The van der Waals surface area contributed by atoms with Gasteiger partial charge in [-0.25, -0.2) is 4.79 Å². The molecule has 0 bridgehead atoms. The molecule has 0 amide bonds. The number of ether oxygens (including phenoxy) is 2. The first-order chi connectivity index (χ1) is 8.88. The maximum Gasteiger partial charge on any atom is 0.416 e. The number of halogens is 3. The van der Waals surface area contributed by atoms with E-state index in [1.54, 1.807) is 6.92 Å². The number of carbonyl (C=O) groups excluding carboxylic acids is 1. The summed E-state index contributed by atoms with van der Waals surface area (Å²) in [5.41, 5.74) is -0.651. The molecular formula is C13H13F3O3. The van der Waals surface area contributed by atoms with Gasteiger partial charge in [0, 0.05) is 5.56 Å². The summed E-state index contributed by atoms with van der Waals surface area (Å²) < 4.78 is 47.3. The first-order valence-electron chi connectivity index (χ1n) is 5.48. The van der Waals surface area contributed by atoms with Crippen molar-refractivity contribution in [1.29, 1.82) is 0 Å². The standard InChI is InChI=1S/C13H13F3O3/c1-3-19-12(17)8-11(18-2)9-5-4-6-10(7-9)13(14,15)16/h4-8H,3H2,1-2H3/b11-8+. The Morgan fingerprint density at radius 3 is 2.58 bits per heavy atom. The highest BCUT2D eigenvalue weighted by molar-refractivity contribution is 5.89. The van der Waals surface area contributed by atoms with E-state index in [0.717, 1.165) is 18.2 Å². The summed E-state index contributed by atoms with van der Waals surface area (Å²) in [6, 6.07) is 4.52. The Morgan fingerprint density at radius 1 is 1.37 bits per heavy atom. The lowest BCUT2D eigenvalue weighted by Crippen LogP contribution is -2.06. The van der Waals surface area contributed by atoms with Crippen LogP contribution in [0.15, 0.2) is 30.3 Å². The Hall–Kier alpha value is -1.98. The summed E-state index contributed by atoms with van der Waals surface area (Å²) >= 11 is 0. The fourth-order valence-corrected chi connectivity index (χ4v) is 1.40. The van der Waals surface area contributed by atoms with Crippen molar-refractivity contribution in [3.8, 4) is 0 Å². The molecular weight excluding hydrogens is 261 g/mol. The van der Waals surface area contributed by atoms with E-state index >= 15 is 0 Å². The van der Waals surface area contributed by atoms with E-state index in [2.05, 4.69) is 4.74 Å². The highest BCUT2D eigenvalue weighted by Gasteiger charge is 2.30. The van der Waals surface area contributed by atoms with E-state index in [0.29, 0.717) is 0 Å². The summed E-state index contributed by atoms with van der Waals surface area (Å²) in [5.74, 6) is -0.652. The molecule has 0 spiro atoms. The fourth-order valence-electron chi connectivity index (χ4n) is 1.40. The predicted molar refractivity (Wildman–Crippen MR) is 63.1 cm³/mol. The molecule has 0 radical (unpaired) electrons. The fraction of sp³-hybridized carbons (Fsp3) is 0.308. The Kier molecular flexibility index (Phi) is 4.97. The molecule has 1 aromatic carbocycles. The van der Waals surface area contributed by atoms with Crippen LogP contribution in [-0.4, -0.2) is 19.7 Å². The second kappa shape index (κ2) is 6.26. The number of rotatable bonds is 4. The summed E-state index contributed by atoms with van der Waals surface area (Å²) in [5, 5.41) is 0. The van der Waals surface area contributed by atoms with E-state index in [4.69, 9.17) is 4.74 Å². The van der Waals surface area contributed by atoms with Crippen molar-refractivity contribution in [3.05, 3.63) is 41.5 Å². The van der Waals surface area contributed by atoms with Gasteiger partial charge in [0.1, 0.15) is 5.76 Å². The number of methoxy groups -OCH3 is 1. The van der Waals surface area contributed by atoms with Crippen molar-refractivity contribution in [2.24, 2.45) is 0 Å². The minimum atomic E-state index is -4.45. The van der Waals surface area contributed by atoms with Crippen LogP contribution in [0.2, 0.25) is 0 Å². The lowest BCUT2D eigenvalue weighted by molar-refractivity contribution is -0.138. The number of hydrogen-bond acceptors (Lipinski definition) is 3. The van der Waals surface area contributed by atoms with Crippen LogP contribution in [0, 0.1) is 0 Å². The maximum atomic E-state index is 12.6. The van der Waals surface area contributed by atoms with Gasteiger partial charge in [-0.1, -0.05) is 12.1 Å². The molecule has 0 N–H and O–H groups in total. The van der Waals surface area contributed by atoms with Gasteiger partial charge in [0.25, 0.3) is 0 Å². The number of hydrogen-bond donors (Lipinski definition) is 0. The normalized spacial score (nSPS) is 12.2. The van der Waals surface area contributed by atoms with Crippen LogP contribution in [0.5, 0.6) is 0 Å². The SMILES string of the molecule is CCOC(=O)/C=C(/OC)c1cccc(C(F)(F)F)c1. The number of esters is 1. The highest BCUT2D eigenvalue weighted by Crippen LogP contribution is 2.31. The Bertz CT molecular complexity index is 478. The molecule has 0 aliphatic heterocycles. The smallest absolute Gasteiger partial charge is 0.416 e. The molecule has 19 heavy (non-hydrogen) atoms. The molecule has 0 heterocycles. The minimum Gasteiger partial charge on any atom is -0.496 e. The van der Waals surface area contributed by atoms with E-state index < -0.39 is 17.7 Å². The van der Waals surface area contributed by atoms with E-state index in [1.807, 2.05) is 0 Å². The average molecular weight is 274 g/mol. The van der Waals surface area contributed by atoms with Crippen molar-refractivity contribution in [2.45, 2.75) is 13.1 Å². The van der Waals surface area contributed by atoms with Crippen LogP contribution >= 0.6 is 0 Å². The zero-order valence-corrected chi connectivity index (χ0v) is 10.5. The lowest BCUT2D eigenvalue weighted by atomic mass is 10.1. The van der Waals surface area contributed by atoms with Gasteiger partial charge in [0.05, 0.1) is 25.4 Å². The summed E-state index contributed by atoms with van der Waals surface area (Å²) in [7, 11) is 1.27. The molecule has 3 nitrogen and oxygen atoms in total. The number of alkyl halides is 3. The summed E-state index contributed by atoms with van der Waals surface area (Å²) in [4.78, 5) is 11.3. The quantitative estimate of drug-likeness (QED) is 0.480. The number of benzene rings is 1. The first kappa shape index (κ1) is 15.1. The van der Waals surface area contributed by atoms with Gasteiger partial charge in [-0.3, -0.25) is 0 Å². The van der Waals surface area contributed by atoms with E-state index in [-0.39, 0.29) is 17.9 Å². The molecule has 6 heteroatoms. The zero-order chi connectivity index (χ0) is 14.5. The van der Waals surface area contributed by atoms with E-state index in [1.165, 1.54) is 19.2 Å². The Labute approximate surface area is 108 Å². The molecule has 0 aliphatic carbocycles. The van der Waals surface area contributed by atoms with Crippen molar-refractivity contribution < 1.29 is 27.4 Å². The lowest BCUT2D eigenvalue weighted by Gasteiger charge is -2.10. The third kappa shape index (κ3) is 4.31. The van der Waals surface area contributed by atoms with Gasteiger partial charge in [-0.15, -0.1) is 0 Å². The van der Waals surface area contributed by atoms with E-state index in [9.17, 15) is 18.0 Å². The molecule has 0 saturated heterocycles. The Morgan fingerprint density at radius 2 is 2.05 bits per heavy atom. The van der Waals surface area contributed by atoms with Crippen LogP contribution in [0.3, 0.4) is 0 Å². The van der Waals surface area contributed by atoms with Crippen LogP contribution < -0.4 is 0 Å². The first-order valence-corrected chi connectivity index (χ1v) is 5.48. The molecule has 0 atom stereocenters. The summed E-state index contributed by atoms with van der Waals surface area (Å²) in [6.07, 6.45) is -3.43. The minimum absolute atomic E-state index is 0.0181. The van der Waals surface area contributed by atoms with Crippen molar-refractivity contribution in [1.82, 2.24) is 0 Å². The van der Waals surface area contributed by atoms with Crippen LogP contribution in [0.25, 0.3) is 5.76 Å². The maximum absolute atomic E-state index is 12.6. The molecule has 1 aromatic rings. The van der Waals surface area contributed by atoms with Gasteiger partial charge in [-0.05, 0) is 19.1 Å². The van der Waals surface area contributed by atoms with Gasteiger partial charge >= 0.3 is 12.1 Å². The second-order valence-electron chi connectivity index (χ2n) is 3.54. The van der Waals surface area contributed by atoms with Crippen molar-refractivity contribution >= 4 is 11.7 Å². The van der Waals surface area contributed by atoms with Gasteiger partial charge in [0.2, 0.25) is 0 Å². The molecule has 1 rings (SSSR count). The Balaban J connectivity index is 3.09. The second-order valence-corrected chi connectivity index (χ2v) is 3.54. The van der Waals surface area contributed by atoms with Crippen LogP contribution in [0.1, 0.15) is 18.1 Å². The zero-order valence-electron chi connectivity index (χ0n) is 10.5. The molecule has 104 valence electrons. The topological polar surface area (TPSA) is 35.5 Å². The van der Waals surface area contributed by atoms with Gasteiger partial charge in [0.15, 0.2) is 0 Å². The molecule has 0 fully saturated rings. The highest BCUT2D eigenvalue weighted by atomic mass is 19.4. The van der Waals surface area contributed by atoms with Gasteiger partial charge < -0.3 is 9.47 Å². The number of carbonyl (C=O) groups is 1. The van der Waals surface area contributed by atoms with Gasteiger partial charge in [-0.2, -0.15) is 13.2 Å².